The largest absolute Gasteiger partial charge is 0.277 e. The maximum Gasteiger partial charge on any atom is 0.274 e. The fourth-order valence-corrected chi connectivity index (χ4v) is 3.89. The maximum absolute atomic E-state index is 12.3. The van der Waals surface area contributed by atoms with Crippen LogP contribution in [0.15, 0.2) is 40.8 Å². The molecular formula is C13H14N2O3S. The zero-order valence-electron chi connectivity index (χ0n) is 10.6. The fourth-order valence-electron chi connectivity index (χ4n) is 2.03. The van der Waals surface area contributed by atoms with Crippen molar-refractivity contribution in [1.82, 2.24) is 4.31 Å². The molecule has 1 aromatic carbocycles. The number of nitriles is 1. The molecule has 0 spiro atoms. The number of nitrogens with zero attached hydrogens (tertiary/aromatic N) is 2. The lowest BCUT2D eigenvalue weighted by Gasteiger charge is -2.40. The van der Waals surface area contributed by atoms with Crippen LogP contribution in [0.2, 0.25) is 0 Å². The molecule has 6 heteroatoms. The van der Waals surface area contributed by atoms with Gasteiger partial charge in [0, 0.05) is 6.08 Å². The van der Waals surface area contributed by atoms with E-state index in [2.05, 4.69) is 0 Å². The summed E-state index contributed by atoms with van der Waals surface area (Å²) in [6, 6.07) is 7.78. The minimum absolute atomic E-state index is 0.247. The minimum Gasteiger partial charge on any atom is -0.277 e. The Kier molecular flexibility index (Phi) is 3.37. The van der Waals surface area contributed by atoms with Crippen LogP contribution in [0.4, 0.5) is 0 Å². The molecule has 1 heterocycles. The molecule has 1 aliphatic heterocycles. The van der Waals surface area contributed by atoms with Gasteiger partial charge in [0.25, 0.3) is 5.91 Å². The zero-order valence-corrected chi connectivity index (χ0v) is 11.4. The molecule has 0 aromatic heterocycles. The lowest BCUT2D eigenvalue weighted by molar-refractivity contribution is 0.0842. The zero-order chi connectivity index (χ0) is 14.2. The van der Waals surface area contributed by atoms with Gasteiger partial charge in [-0.2, -0.15) is 5.26 Å². The van der Waals surface area contributed by atoms with Gasteiger partial charge in [-0.1, -0.05) is 22.9 Å². The Labute approximate surface area is 113 Å². The van der Waals surface area contributed by atoms with Crippen LogP contribution < -0.4 is 0 Å². The van der Waals surface area contributed by atoms with Crippen LogP contribution in [0, 0.1) is 11.3 Å². The molecule has 1 aliphatic rings. The van der Waals surface area contributed by atoms with Crippen LogP contribution in [0.3, 0.4) is 0 Å². The van der Waals surface area contributed by atoms with Crippen molar-refractivity contribution in [3.63, 3.8) is 0 Å². The third kappa shape index (κ3) is 2.02. The number of rotatable bonds is 2. The molecule has 0 saturated heterocycles. The van der Waals surface area contributed by atoms with E-state index in [9.17, 15) is 13.9 Å². The molecule has 2 N–H and O–H groups in total. The van der Waals surface area contributed by atoms with Crippen LogP contribution in [-0.4, -0.2) is 25.4 Å². The fraction of sp³-hybridized carbons (Fsp3) is 0.231. The summed E-state index contributed by atoms with van der Waals surface area (Å²) < 4.78 is 21.7. The molecule has 1 unspecified atom stereocenters. The Morgan fingerprint density at radius 3 is 2.68 bits per heavy atom. The third-order valence-corrected chi connectivity index (χ3v) is 5.17. The molecule has 2 rings (SSSR count). The number of carbonyl (C=O) groups is 1. The molecular weight excluding hydrogens is 264 g/mol. The Balaban J connectivity index is 2.49. The summed E-state index contributed by atoms with van der Waals surface area (Å²) in [6.07, 6.45) is 1.30. The van der Waals surface area contributed by atoms with Gasteiger partial charge in [0.05, 0.1) is 22.6 Å². The topological polar surface area (TPSA) is 84.6 Å². The number of hydrogen-bond donors (Lipinski definition) is 2. The Hall–Kier alpha value is -1.81. The predicted molar refractivity (Wildman–Crippen MR) is 72.6 cm³/mol. The van der Waals surface area contributed by atoms with E-state index in [0.717, 1.165) is 4.31 Å². The van der Waals surface area contributed by atoms with Gasteiger partial charge in [0.2, 0.25) is 0 Å². The monoisotopic (exact) mass is 278 g/mol. The molecule has 19 heavy (non-hydrogen) atoms. The predicted octanol–water partition coefficient (Wildman–Crippen LogP) is 3.03. The summed E-state index contributed by atoms with van der Waals surface area (Å²) in [5.74, 6) is -0.422. The standard InChI is InChI=1S/C13H14N2O3S/c1-9(7-8-14)10(2)15-13(16)11-5-3-4-6-12(11)19(15,17)18/h3-7,10,17-18H,1-2H3. The molecule has 5 nitrogen and oxygen atoms in total. The average molecular weight is 278 g/mol. The van der Waals surface area contributed by atoms with Crippen molar-refractivity contribution in [3.8, 4) is 6.07 Å². The van der Waals surface area contributed by atoms with Crippen molar-refractivity contribution in [2.45, 2.75) is 24.8 Å². The van der Waals surface area contributed by atoms with Crippen LogP contribution >= 0.6 is 10.8 Å². The van der Waals surface area contributed by atoms with Crippen LogP contribution in [0.25, 0.3) is 0 Å². The van der Waals surface area contributed by atoms with Crippen molar-refractivity contribution >= 4 is 16.7 Å². The Bertz CT molecular complexity index is 604. The first-order valence-corrected chi connectivity index (χ1v) is 7.19. The quantitative estimate of drug-likeness (QED) is 0.814. The van der Waals surface area contributed by atoms with Gasteiger partial charge in [0.1, 0.15) is 0 Å². The molecule has 0 aliphatic carbocycles. The van der Waals surface area contributed by atoms with Gasteiger partial charge in [0.15, 0.2) is 0 Å². The second kappa shape index (κ2) is 4.70. The third-order valence-electron chi connectivity index (χ3n) is 3.19. The Morgan fingerprint density at radius 2 is 2.11 bits per heavy atom. The van der Waals surface area contributed by atoms with Crippen molar-refractivity contribution < 1.29 is 13.9 Å². The number of allylic oxidation sites excluding steroid dienone is 1. The summed E-state index contributed by atoms with van der Waals surface area (Å²) in [6.45, 7) is 3.35. The van der Waals surface area contributed by atoms with Crippen molar-refractivity contribution in [1.29, 1.82) is 5.26 Å². The lowest BCUT2D eigenvalue weighted by Crippen LogP contribution is -2.36. The Morgan fingerprint density at radius 1 is 1.47 bits per heavy atom. The van der Waals surface area contributed by atoms with E-state index in [1.54, 1.807) is 38.1 Å². The van der Waals surface area contributed by atoms with Gasteiger partial charge in [-0.05, 0) is 31.6 Å². The summed E-state index contributed by atoms with van der Waals surface area (Å²) in [4.78, 5) is 12.5. The van der Waals surface area contributed by atoms with Gasteiger partial charge >= 0.3 is 0 Å². The molecule has 0 fully saturated rings. The smallest absolute Gasteiger partial charge is 0.274 e. The molecule has 1 atom stereocenters. The van der Waals surface area contributed by atoms with Crippen molar-refractivity contribution in [2.75, 3.05) is 0 Å². The minimum atomic E-state index is -3.32. The van der Waals surface area contributed by atoms with Gasteiger partial charge < -0.3 is 0 Å². The molecule has 1 aromatic rings. The highest BCUT2D eigenvalue weighted by molar-refractivity contribution is 8.23. The number of fused-ring (bicyclic) bond motifs is 1. The summed E-state index contributed by atoms with van der Waals surface area (Å²) in [5, 5.41) is 8.65. The number of carbonyl (C=O) groups excluding carboxylic acids is 1. The van der Waals surface area contributed by atoms with Crippen molar-refractivity contribution in [3.05, 3.63) is 41.5 Å². The highest BCUT2D eigenvalue weighted by atomic mass is 32.3. The van der Waals surface area contributed by atoms with E-state index in [0.29, 0.717) is 11.1 Å². The van der Waals surface area contributed by atoms with Crippen LogP contribution in [0.1, 0.15) is 24.2 Å². The summed E-state index contributed by atoms with van der Waals surface area (Å²) in [7, 11) is -3.32. The second-order valence-electron chi connectivity index (χ2n) is 4.34. The molecule has 0 radical (unpaired) electrons. The summed E-state index contributed by atoms with van der Waals surface area (Å²) in [5.41, 5.74) is 0.905. The molecule has 100 valence electrons. The van der Waals surface area contributed by atoms with E-state index < -0.39 is 22.7 Å². The highest BCUT2D eigenvalue weighted by Crippen LogP contribution is 2.59. The van der Waals surface area contributed by atoms with E-state index in [1.165, 1.54) is 6.08 Å². The number of hydrogen-bond acceptors (Lipinski definition) is 4. The van der Waals surface area contributed by atoms with E-state index in [1.807, 2.05) is 6.07 Å². The first-order chi connectivity index (χ1) is 8.91. The maximum atomic E-state index is 12.3. The van der Waals surface area contributed by atoms with Gasteiger partial charge in [-0.25, -0.2) is 4.31 Å². The second-order valence-corrected chi connectivity index (χ2v) is 6.21. The van der Waals surface area contributed by atoms with E-state index in [-0.39, 0.29) is 4.90 Å². The number of amides is 1. The first kappa shape index (κ1) is 13.6. The van der Waals surface area contributed by atoms with Gasteiger partial charge in [-0.3, -0.25) is 13.9 Å². The average Bonchev–Trinajstić information content (AvgIpc) is 2.57. The van der Waals surface area contributed by atoms with E-state index >= 15 is 0 Å². The van der Waals surface area contributed by atoms with Crippen LogP contribution in [0.5, 0.6) is 0 Å². The normalized spacial score (nSPS) is 20.7. The van der Waals surface area contributed by atoms with E-state index in [4.69, 9.17) is 5.26 Å². The highest BCUT2D eigenvalue weighted by Gasteiger charge is 2.44. The number of benzene rings is 1. The van der Waals surface area contributed by atoms with Gasteiger partial charge in [-0.15, -0.1) is 0 Å². The molecule has 0 bridgehead atoms. The molecule has 0 saturated carbocycles. The van der Waals surface area contributed by atoms with Crippen molar-refractivity contribution in [2.24, 2.45) is 0 Å². The SMILES string of the molecule is CC(=CC#N)C(C)N1C(=O)c2ccccc2S1(O)O. The molecule has 1 amide bonds. The lowest BCUT2D eigenvalue weighted by atomic mass is 10.1. The summed E-state index contributed by atoms with van der Waals surface area (Å²) >= 11 is 0. The van der Waals surface area contributed by atoms with Crippen LogP contribution in [-0.2, 0) is 0 Å². The first-order valence-electron chi connectivity index (χ1n) is 5.68.